The van der Waals surface area contributed by atoms with E-state index in [0.717, 1.165) is 19.3 Å². The van der Waals surface area contributed by atoms with Gasteiger partial charge in [-0.15, -0.1) is 0 Å². The largest absolute Gasteiger partial charge is 0.274 e. The molecule has 1 aliphatic carbocycles. The Balaban J connectivity index is 1.93. The Labute approximate surface area is 111 Å². The molecule has 0 radical (unpaired) electrons. The normalized spacial score (nSPS) is 30.6. The van der Waals surface area contributed by atoms with Gasteiger partial charge in [0.05, 0.1) is 17.5 Å². The number of anilines is 1. The van der Waals surface area contributed by atoms with Gasteiger partial charge in [0, 0.05) is 0 Å². The molecule has 2 fully saturated rings. The smallest absolute Gasteiger partial charge is 0.237 e. The molecule has 0 aromatic heterocycles. The first-order chi connectivity index (χ1) is 9.08. The van der Waals surface area contributed by atoms with Gasteiger partial charge in [-0.1, -0.05) is 6.92 Å². The van der Waals surface area contributed by atoms with E-state index in [1.165, 1.54) is 29.2 Å². The van der Waals surface area contributed by atoms with Crippen LogP contribution in [-0.2, 0) is 9.59 Å². The molecule has 3 nitrogen and oxygen atoms in total. The third kappa shape index (κ3) is 1.95. The van der Waals surface area contributed by atoms with E-state index >= 15 is 0 Å². The molecule has 1 aromatic carbocycles. The number of carbonyl (C=O) groups excluding carboxylic acids is 2. The third-order valence-electron chi connectivity index (χ3n) is 4.27. The molecule has 4 heteroatoms. The van der Waals surface area contributed by atoms with Gasteiger partial charge < -0.3 is 0 Å². The summed E-state index contributed by atoms with van der Waals surface area (Å²) < 4.78 is 12.9. The van der Waals surface area contributed by atoms with Gasteiger partial charge >= 0.3 is 0 Å². The van der Waals surface area contributed by atoms with E-state index in [0.29, 0.717) is 11.6 Å². The van der Waals surface area contributed by atoms with Crippen LogP contribution in [0.1, 0.15) is 26.2 Å². The van der Waals surface area contributed by atoms with Crippen LogP contribution in [-0.4, -0.2) is 11.8 Å². The van der Waals surface area contributed by atoms with Crippen LogP contribution in [0.15, 0.2) is 24.3 Å². The van der Waals surface area contributed by atoms with Crippen LogP contribution < -0.4 is 4.90 Å². The van der Waals surface area contributed by atoms with E-state index in [9.17, 15) is 14.0 Å². The second kappa shape index (κ2) is 4.44. The molecule has 0 unspecified atom stereocenters. The highest BCUT2D eigenvalue weighted by molar-refractivity contribution is 6.22. The average Bonchev–Trinajstić information content (AvgIpc) is 2.63. The fourth-order valence-electron chi connectivity index (χ4n) is 3.23. The van der Waals surface area contributed by atoms with Crippen molar-refractivity contribution in [2.45, 2.75) is 26.2 Å². The van der Waals surface area contributed by atoms with Crippen molar-refractivity contribution in [3.05, 3.63) is 30.1 Å². The molecule has 100 valence electrons. The van der Waals surface area contributed by atoms with Gasteiger partial charge in [0.25, 0.3) is 0 Å². The summed E-state index contributed by atoms with van der Waals surface area (Å²) in [7, 11) is 0. The van der Waals surface area contributed by atoms with Crippen molar-refractivity contribution >= 4 is 17.5 Å². The van der Waals surface area contributed by atoms with Gasteiger partial charge in [-0.05, 0) is 49.4 Å². The lowest BCUT2D eigenvalue weighted by Gasteiger charge is -2.25. The van der Waals surface area contributed by atoms with E-state index in [1.807, 2.05) is 0 Å². The summed E-state index contributed by atoms with van der Waals surface area (Å²) in [5.74, 6) is -0.461. The number of carbonyl (C=O) groups is 2. The molecule has 1 aromatic rings. The van der Waals surface area contributed by atoms with Crippen molar-refractivity contribution in [2.75, 3.05) is 4.90 Å². The number of imide groups is 1. The maximum atomic E-state index is 12.9. The first-order valence-electron chi connectivity index (χ1n) is 6.71. The molecular weight excluding hydrogens is 245 g/mol. The fraction of sp³-hybridized carbons (Fsp3) is 0.467. The van der Waals surface area contributed by atoms with Crippen LogP contribution in [0.5, 0.6) is 0 Å². The topological polar surface area (TPSA) is 37.4 Å². The summed E-state index contributed by atoms with van der Waals surface area (Å²) >= 11 is 0. The number of nitrogens with zero attached hydrogens (tertiary/aromatic N) is 1. The Kier molecular flexibility index (Phi) is 2.88. The molecule has 1 saturated carbocycles. The van der Waals surface area contributed by atoms with Crippen LogP contribution >= 0.6 is 0 Å². The van der Waals surface area contributed by atoms with E-state index in [4.69, 9.17) is 0 Å². The number of halogens is 1. The monoisotopic (exact) mass is 261 g/mol. The average molecular weight is 261 g/mol. The molecule has 1 heterocycles. The highest BCUT2D eigenvalue weighted by atomic mass is 19.1. The zero-order valence-corrected chi connectivity index (χ0v) is 10.8. The number of benzene rings is 1. The van der Waals surface area contributed by atoms with Gasteiger partial charge in [-0.2, -0.15) is 0 Å². The van der Waals surface area contributed by atoms with Crippen molar-refractivity contribution in [3.8, 4) is 0 Å². The number of fused-ring (bicyclic) bond motifs is 1. The van der Waals surface area contributed by atoms with Gasteiger partial charge in [0.2, 0.25) is 11.8 Å². The summed E-state index contributed by atoms with van der Waals surface area (Å²) in [6.45, 7) is 2.12. The molecule has 1 saturated heterocycles. The minimum absolute atomic E-state index is 0.117. The Morgan fingerprint density at radius 2 is 1.68 bits per heavy atom. The second-order valence-corrected chi connectivity index (χ2v) is 5.62. The molecular formula is C15H16FNO2. The van der Waals surface area contributed by atoms with Gasteiger partial charge in [0.15, 0.2) is 0 Å². The molecule has 3 rings (SSSR count). The lowest BCUT2D eigenvalue weighted by Crippen LogP contribution is -2.30. The van der Waals surface area contributed by atoms with Gasteiger partial charge in [-0.25, -0.2) is 4.39 Å². The molecule has 0 bridgehead atoms. The summed E-state index contributed by atoms with van der Waals surface area (Å²) in [6.07, 6.45) is 2.57. The Morgan fingerprint density at radius 3 is 2.37 bits per heavy atom. The summed E-state index contributed by atoms with van der Waals surface area (Å²) in [4.78, 5) is 26.0. The Bertz CT molecular complexity index is 525. The van der Waals surface area contributed by atoms with E-state index in [-0.39, 0.29) is 29.5 Å². The van der Waals surface area contributed by atoms with E-state index in [2.05, 4.69) is 6.92 Å². The predicted molar refractivity (Wildman–Crippen MR) is 68.9 cm³/mol. The molecule has 0 N–H and O–H groups in total. The number of hydrogen-bond acceptors (Lipinski definition) is 2. The molecule has 3 atom stereocenters. The standard InChI is InChI=1S/C15H16FNO2/c1-9-2-7-12-13(8-9)15(19)17(14(12)18)11-5-3-10(16)4-6-11/h3-6,9,12-13H,2,7-8H2,1H3/t9-,12-,13+/m0/s1. The molecule has 19 heavy (non-hydrogen) atoms. The fourth-order valence-corrected chi connectivity index (χ4v) is 3.23. The number of hydrogen-bond donors (Lipinski definition) is 0. The second-order valence-electron chi connectivity index (χ2n) is 5.62. The quantitative estimate of drug-likeness (QED) is 0.729. The zero-order valence-electron chi connectivity index (χ0n) is 10.8. The van der Waals surface area contributed by atoms with Crippen LogP contribution in [0.25, 0.3) is 0 Å². The summed E-state index contributed by atoms with van der Waals surface area (Å²) in [6, 6.07) is 5.54. The lowest BCUT2D eigenvalue weighted by molar-refractivity contribution is -0.122. The molecule has 0 spiro atoms. The predicted octanol–water partition coefficient (Wildman–Crippen LogP) is 2.75. The van der Waals surface area contributed by atoms with Crippen molar-refractivity contribution in [2.24, 2.45) is 17.8 Å². The first kappa shape index (κ1) is 12.3. The zero-order chi connectivity index (χ0) is 13.6. The van der Waals surface area contributed by atoms with Crippen molar-refractivity contribution in [1.29, 1.82) is 0 Å². The van der Waals surface area contributed by atoms with Crippen LogP contribution in [0.2, 0.25) is 0 Å². The molecule has 1 aliphatic heterocycles. The minimum atomic E-state index is -0.367. The Morgan fingerprint density at radius 1 is 1.05 bits per heavy atom. The first-order valence-corrected chi connectivity index (χ1v) is 6.71. The summed E-state index contributed by atoms with van der Waals surface area (Å²) in [5, 5.41) is 0. The number of amides is 2. The SMILES string of the molecule is C[C@H]1CC[C@@H]2C(=O)N(c3ccc(F)cc3)C(=O)[C@@H]2C1. The van der Waals surface area contributed by atoms with Crippen LogP contribution in [0.4, 0.5) is 10.1 Å². The molecule has 2 aliphatic rings. The van der Waals surface area contributed by atoms with Gasteiger partial charge in [0.1, 0.15) is 5.82 Å². The van der Waals surface area contributed by atoms with Crippen molar-refractivity contribution in [3.63, 3.8) is 0 Å². The lowest BCUT2D eigenvalue weighted by atomic mass is 9.76. The molecule has 2 amide bonds. The highest BCUT2D eigenvalue weighted by Crippen LogP contribution is 2.42. The van der Waals surface area contributed by atoms with Gasteiger partial charge in [-0.3, -0.25) is 14.5 Å². The van der Waals surface area contributed by atoms with Crippen LogP contribution in [0, 0.1) is 23.6 Å². The van der Waals surface area contributed by atoms with E-state index in [1.54, 1.807) is 0 Å². The maximum absolute atomic E-state index is 12.9. The summed E-state index contributed by atoms with van der Waals surface area (Å²) in [5.41, 5.74) is 0.485. The van der Waals surface area contributed by atoms with Crippen LogP contribution in [0.3, 0.4) is 0 Å². The van der Waals surface area contributed by atoms with E-state index < -0.39 is 0 Å². The minimum Gasteiger partial charge on any atom is -0.274 e. The van der Waals surface area contributed by atoms with Crippen molar-refractivity contribution < 1.29 is 14.0 Å². The Hall–Kier alpha value is -1.71. The third-order valence-corrected chi connectivity index (χ3v) is 4.27. The van der Waals surface area contributed by atoms with Crippen molar-refractivity contribution in [1.82, 2.24) is 0 Å². The maximum Gasteiger partial charge on any atom is 0.237 e. The highest BCUT2D eigenvalue weighted by Gasteiger charge is 2.49. The number of rotatable bonds is 1.